The van der Waals surface area contributed by atoms with E-state index in [4.69, 9.17) is 4.74 Å². The molecule has 0 aromatic heterocycles. The number of ether oxygens (including phenoxy) is 1. The highest BCUT2D eigenvalue weighted by atomic mass is 19.1. The van der Waals surface area contributed by atoms with Crippen LogP contribution in [0.15, 0.2) is 42.5 Å². The Morgan fingerprint density at radius 3 is 2.54 bits per heavy atom. The van der Waals surface area contributed by atoms with Crippen molar-refractivity contribution in [3.63, 3.8) is 0 Å². The molecule has 5 nitrogen and oxygen atoms in total. The summed E-state index contributed by atoms with van der Waals surface area (Å²) in [7, 11) is 5.60. The quantitative estimate of drug-likeness (QED) is 0.894. The molecule has 0 saturated carbocycles. The summed E-state index contributed by atoms with van der Waals surface area (Å²) >= 11 is 0. The average molecular weight is 357 g/mol. The number of nitrogens with one attached hydrogen (secondary N) is 1. The number of carbonyl (C=O) groups is 1. The summed E-state index contributed by atoms with van der Waals surface area (Å²) in [5.74, 6) is 0.538. The topological polar surface area (TPSA) is 44.8 Å². The first-order chi connectivity index (χ1) is 12.5. The number of hydrogen-bond acceptors (Lipinski definition) is 3. The van der Waals surface area contributed by atoms with Gasteiger partial charge in [0.05, 0.1) is 13.2 Å². The molecule has 0 radical (unpaired) electrons. The Morgan fingerprint density at radius 2 is 1.88 bits per heavy atom. The lowest BCUT2D eigenvalue weighted by Crippen LogP contribution is -2.41. The highest BCUT2D eigenvalue weighted by Crippen LogP contribution is 2.24. The van der Waals surface area contributed by atoms with Gasteiger partial charge in [0, 0.05) is 19.6 Å². The second kappa shape index (κ2) is 7.74. The minimum Gasteiger partial charge on any atom is -0.497 e. The summed E-state index contributed by atoms with van der Waals surface area (Å²) < 4.78 is 18.5. The third-order valence-electron chi connectivity index (χ3n) is 4.75. The monoisotopic (exact) mass is 357 g/mol. The van der Waals surface area contributed by atoms with Gasteiger partial charge in [-0.25, -0.2) is 9.18 Å². The third-order valence-corrected chi connectivity index (χ3v) is 4.75. The summed E-state index contributed by atoms with van der Waals surface area (Å²) in [4.78, 5) is 16.3. The molecule has 1 unspecified atom stereocenters. The number of nitrogens with zero attached hydrogens (tertiary/aromatic N) is 2. The summed E-state index contributed by atoms with van der Waals surface area (Å²) in [6, 6.07) is 12.4. The average Bonchev–Trinajstić information content (AvgIpc) is 3.05. The van der Waals surface area contributed by atoms with Crippen molar-refractivity contribution in [2.75, 3.05) is 27.7 Å². The zero-order valence-corrected chi connectivity index (χ0v) is 15.3. The maximum atomic E-state index is 13.3. The van der Waals surface area contributed by atoms with E-state index in [0.717, 1.165) is 22.4 Å². The Labute approximate surface area is 153 Å². The molecule has 6 heteroatoms. The van der Waals surface area contributed by atoms with Crippen molar-refractivity contribution in [2.24, 2.45) is 0 Å². The number of likely N-dealkylation sites (N-methyl/N-ethyl adjacent to an activating group) is 1. The highest BCUT2D eigenvalue weighted by molar-refractivity contribution is 5.75. The van der Waals surface area contributed by atoms with Crippen LogP contribution in [0.1, 0.15) is 22.7 Å². The van der Waals surface area contributed by atoms with Crippen molar-refractivity contribution in [3.05, 3.63) is 65.0 Å². The summed E-state index contributed by atoms with van der Waals surface area (Å²) in [5.41, 5.74) is 2.98. The molecular weight excluding hydrogens is 333 g/mol. The molecule has 0 saturated heterocycles. The number of hydrogen-bond donors (Lipinski definition) is 1. The molecule has 3 rings (SSSR count). The van der Waals surface area contributed by atoms with Gasteiger partial charge in [-0.1, -0.05) is 18.2 Å². The Kier molecular flexibility index (Phi) is 5.42. The number of rotatable bonds is 5. The van der Waals surface area contributed by atoms with Gasteiger partial charge in [-0.3, -0.25) is 0 Å². The van der Waals surface area contributed by atoms with Crippen LogP contribution < -0.4 is 10.1 Å². The van der Waals surface area contributed by atoms with Crippen LogP contribution in [0.25, 0.3) is 0 Å². The van der Waals surface area contributed by atoms with Crippen LogP contribution in [0.3, 0.4) is 0 Å². The van der Waals surface area contributed by atoms with Gasteiger partial charge < -0.3 is 19.9 Å². The Balaban J connectivity index is 1.61. The molecule has 2 aromatic carbocycles. The molecule has 1 aliphatic heterocycles. The lowest BCUT2D eigenvalue weighted by atomic mass is 10.1. The van der Waals surface area contributed by atoms with Crippen LogP contribution in [0.5, 0.6) is 5.75 Å². The van der Waals surface area contributed by atoms with Crippen LogP contribution >= 0.6 is 0 Å². The second-order valence-corrected chi connectivity index (χ2v) is 6.71. The van der Waals surface area contributed by atoms with E-state index in [2.05, 4.69) is 10.2 Å². The van der Waals surface area contributed by atoms with E-state index in [1.807, 2.05) is 38.4 Å². The van der Waals surface area contributed by atoms with Crippen LogP contribution in [0.2, 0.25) is 0 Å². The zero-order chi connectivity index (χ0) is 18.7. The van der Waals surface area contributed by atoms with Crippen LogP contribution in [-0.4, -0.2) is 43.6 Å². The molecule has 2 amide bonds. The van der Waals surface area contributed by atoms with Crippen LogP contribution in [-0.2, 0) is 13.1 Å². The van der Waals surface area contributed by atoms with Gasteiger partial charge >= 0.3 is 6.03 Å². The molecule has 0 fully saturated rings. The minimum absolute atomic E-state index is 0.0484. The van der Waals surface area contributed by atoms with Crippen molar-refractivity contribution >= 4 is 6.03 Å². The second-order valence-electron chi connectivity index (χ2n) is 6.71. The molecule has 0 spiro atoms. The first-order valence-corrected chi connectivity index (χ1v) is 8.58. The lowest BCUT2D eigenvalue weighted by Gasteiger charge is -2.26. The Morgan fingerprint density at radius 1 is 1.19 bits per heavy atom. The predicted octanol–water partition coefficient (Wildman–Crippen LogP) is 3.16. The first-order valence-electron chi connectivity index (χ1n) is 8.58. The molecule has 1 heterocycles. The Bertz CT molecular complexity index is 777. The number of methoxy groups -OCH3 is 1. The number of amides is 2. The summed E-state index contributed by atoms with van der Waals surface area (Å²) in [6.45, 7) is 1.43. The summed E-state index contributed by atoms with van der Waals surface area (Å²) in [5, 5.41) is 3.00. The number of carbonyl (C=O) groups excluding carboxylic acids is 1. The van der Waals surface area contributed by atoms with Gasteiger partial charge in [-0.15, -0.1) is 0 Å². The van der Waals surface area contributed by atoms with E-state index < -0.39 is 0 Å². The molecule has 2 aromatic rings. The first kappa shape index (κ1) is 18.2. The van der Waals surface area contributed by atoms with Gasteiger partial charge in [-0.05, 0) is 55.1 Å². The molecule has 1 N–H and O–H groups in total. The smallest absolute Gasteiger partial charge is 0.318 e. The van der Waals surface area contributed by atoms with E-state index in [1.165, 1.54) is 12.1 Å². The number of benzene rings is 2. The highest BCUT2D eigenvalue weighted by Gasteiger charge is 2.24. The van der Waals surface area contributed by atoms with E-state index in [1.54, 1.807) is 18.1 Å². The molecule has 0 bridgehead atoms. The maximum absolute atomic E-state index is 13.3. The van der Waals surface area contributed by atoms with Crippen LogP contribution in [0.4, 0.5) is 9.18 Å². The van der Waals surface area contributed by atoms with E-state index in [9.17, 15) is 9.18 Å². The standard InChI is InChI=1S/C20H24FN3O2/c1-23(2)19(14-5-8-18(26-3)9-6-14)11-22-20(25)24-12-15-4-7-17(21)10-16(15)13-24/h4-10,19H,11-13H2,1-3H3,(H,22,25). The molecule has 0 aliphatic carbocycles. The minimum atomic E-state index is -0.266. The van der Waals surface area contributed by atoms with Crippen LogP contribution in [0, 0.1) is 5.82 Å². The fourth-order valence-electron chi connectivity index (χ4n) is 3.23. The fourth-order valence-corrected chi connectivity index (χ4v) is 3.23. The van der Waals surface area contributed by atoms with Gasteiger partial charge in [0.1, 0.15) is 11.6 Å². The van der Waals surface area contributed by atoms with Crippen molar-refractivity contribution in [1.82, 2.24) is 15.1 Å². The SMILES string of the molecule is COc1ccc(C(CNC(=O)N2Cc3ccc(F)cc3C2)N(C)C)cc1. The van der Waals surface area contributed by atoms with E-state index in [-0.39, 0.29) is 17.9 Å². The fraction of sp³-hybridized carbons (Fsp3) is 0.350. The predicted molar refractivity (Wildman–Crippen MR) is 98.5 cm³/mol. The molecule has 138 valence electrons. The van der Waals surface area contributed by atoms with E-state index in [0.29, 0.717) is 19.6 Å². The van der Waals surface area contributed by atoms with Crippen molar-refractivity contribution < 1.29 is 13.9 Å². The Hall–Kier alpha value is -2.60. The largest absolute Gasteiger partial charge is 0.497 e. The van der Waals surface area contributed by atoms with Crippen molar-refractivity contribution in [3.8, 4) is 5.75 Å². The summed E-state index contributed by atoms with van der Waals surface area (Å²) in [6.07, 6.45) is 0. The van der Waals surface area contributed by atoms with Crippen molar-refractivity contribution in [1.29, 1.82) is 0 Å². The lowest BCUT2D eigenvalue weighted by molar-refractivity contribution is 0.193. The van der Waals surface area contributed by atoms with Crippen molar-refractivity contribution in [2.45, 2.75) is 19.1 Å². The van der Waals surface area contributed by atoms with Gasteiger partial charge in [-0.2, -0.15) is 0 Å². The molecule has 1 atom stereocenters. The number of fused-ring (bicyclic) bond motifs is 1. The third kappa shape index (κ3) is 3.96. The number of urea groups is 1. The zero-order valence-electron chi connectivity index (χ0n) is 15.3. The normalized spacial score (nSPS) is 14.3. The molecule has 26 heavy (non-hydrogen) atoms. The van der Waals surface area contributed by atoms with E-state index >= 15 is 0 Å². The maximum Gasteiger partial charge on any atom is 0.318 e. The molecular formula is C20H24FN3O2. The molecule has 1 aliphatic rings. The van der Waals surface area contributed by atoms with Gasteiger partial charge in [0.15, 0.2) is 0 Å². The number of halogens is 1. The van der Waals surface area contributed by atoms with Gasteiger partial charge in [0.2, 0.25) is 0 Å². The van der Waals surface area contributed by atoms with Gasteiger partial charge in [0.25, 0.3) is 0 Å².